The molecule has 0 radical (unpaired) electrons. The zero-order valence-corrected chi connectivity index (χ0v) is 16.0. The summed E-state index contributed by atoms with van der Waals surface area (Å²) in [6, 6.07) is 24.7. The minimum Gasteiger partial charge on any atom is -0.482 e. The minimum absolute atomic E-state index is 0.0718. The predicted octanol–water partition coefficient (Wildman–Crippen LogP) is 3.82. The molecule has 1 heterocycles. The fourth-order valence-corrected chi connectivity index (χ4v) is 3.32. The molecule has 0 saturated heterocycles. The number of ether oxygens (including phenoxy) is 1. The zero-order chi connectivity index (χ0) is 20.2. The molecular weight excluding hydrogens is 366 g/mol. The number of carbonyl (C=O) groups excluding carboxylic acids is 2. The van der Waals surface area contributed by atoms with E-state index in [2.05, 4.69) is 5.32 Å². The summed E-state index contributed by atoms with van der Waals surface area (Å²) in [5.41, 5.74) is 3.15. The summed E-state index contributed by atoms with van der Waals surface area (Å²) in [6.45, 7) is -0.153. The van der Waals surface area contributed by atoms with Crippen molar-refractivity contribution in [2.24, 2.45) is 0 Å². The first-order valence-corrected chi connectivity index (χ1v) is 9.33. The second kappa shape index (κ2) is 8.06. The molecule has 29 heavy (non-hydrogen) atoms. The summed E-state index contributed by atoms with van der Waals surface area (Å²) in [5, 5.41) is 2.94. The maximum atomic E-state index is 12.8. The molecule has 0 bridgehead atoms. The van der Waals surface area contributed by atoms with E-state index in [0.717, 1.165) is 11.4 Å². The Morgan fingerprint density at radius 1 is 1.00 bits per heavy atom. The lowest BCUT2D eigenvalue weighted by atomic mass is 10.2. The van der Waals surface area contributed by atoms with E-state index in [1.807, 2.05) is 78.7 Å². The lowest BCUT2D eigenvalue weighted by Gasteiger charge is -2.29. The highest BCUT2D eigenvalue weighted by Crippen LogP contribution is 2.32. The molecule has 3 aromatic rings. The lowest BCUT2D eigenvalue weighted by Crippen LogP contribution is -2.43. The second-order valence-corrected chi connectivity index (χ2v) is 6.70. The maximum absolute atomic E-state index is 12.8. The molecule has 2 amide bonds. The first-order valence-electron chi connectivity index (χ1n) is 9.33. The van der Waals surface area contributed by atoms with Crippen molar-refractivity contribution in [3.05, 3.63) is 78.9 Å². The molecule has 1 aliphatic rings. The van der Waals surface area contributed by atoms with Gasteiger partial charge in [-0.25, -0.2) is 0 Å². The third-order valence-electron chi connectivity index (χ3n) is 4.79. The molecule has 6 heteroatoms. The average Bonchev–Trinajstić information content (AvgIpc) is 2.76. The highest BCUT2D eigenvalue weighted by Gasteiger charge is 2.27. The summed E-state index contributed by atoms with van der Waals surface area (Å²) in [4.78, 5) is 28.6. The number of benzene rings is 3. The predicted molar refractivity (Wildman–Crippen MR) is 114 cm³/mol. The molecule has 0 unspecified atom stereocenters. The van der Waals surface area contributed by atoms with E-state index in [9.17, 15) is 9.59 Å². The number of carbonyl (C=O) groups is 2. The van der Waals surface area contributed by atoms with Crippen LogP contribution < -0.4 is 19.9 Å². The number of anilines is 4. The van der Waals surface area contributed by atoms with Crippen LogP contribution in [-0.4, -0.2) is 32.0 Å². The molecule has 0 spiro atoms. The van der Waals surface area contributed by atoms with Gasteiger partial charge in [0.15, 0.2) is 6.61 Å². The van der Waals surface area contributed by atoms with E-state index in [-0.39, 0.29) is 25.0 Å². The van der Waals surface area contributed by atoms with Crippen LogP contribution in [0.3, 0.4) is 0 Å². The Morgan fingerprint density at radius 3 is 2.52 bits per heavy atom. The van der Waals surface area contributed by atoms with Gasteiger partial charge in [0.05, 0.1) is 17.1 Å². The molecule has 0 saturated carbocycles. The topological polar surface area (TPSA) is 61.9 Å². The quantitative estimate of drug-likeness (QED) is 0.723. The standard InChI is InChI=1S/C23H21N3O3/c1-25(17-9-3-2-4-10-17)19-12-6-5-11-18(19)24-22(27)15-26-20-13-7-8-14-21(20)29-16-23(26)28/h2-14H,15-16H2,1H3,(H,24,27). The van der Waals surface area contributed by atoms with Gasteiger partial charge in [0.2, 0.25) is 5.91 Å². The molecule has 0 aromatic heterocycles. The number of hydrogen-bond acceptors (Lipinski definition) is 4. The number of hydrogen-bond donors (Lipinski definition) is 1. The van der Waals surface area contributed by atoms with Crippen LogP contribution in [0.5, 0.6) is 5.75 Å². The van der Waals surface area contributed by atoms with Crippen LogP contribution in [0.4, 0.5) is 22.7 Å². The molecule has 1 aliphatic heterocycles. The summed E-state index contributed by atoms with van der Waals surface area (Å²) in [7, 11) is 1.95. The van der Waals surface area contributed by atoms with E-state index in [1.165, 1.54) is 4.90 Å². The molecule has 0 aliphatic carbocycles. The molecular formula is C23H21N3O3. The second-order valence-electron chi connectivity index (χ2n) is 6.70. The molecule has 1 N–H and O–H groups in total. The Bertz CT molecular complexity index is 1040. The van der Waals surface area contributed by atoms with Crippen molar-refractivity contribution in [1.82, 2.24) is 0 Å². The fraction of sp³-hybridized carbons (Fsp3) is 0.130. The highest BCUT2D eigenvalue weighted by molar-refractivity contribution is 6.05. The SMILES string of the molecule is CN(c1ccccc1)c1ccccc1NC(=O)CN1C(=O)COc2ccccc21. The van der Waals surface area contributed by atoms with Crippen LogP contribution >= 0.6 is 0 Å². The van der Waals surface area contributed by atoms with Gasteiger partial charge in [-0.05, 0) is 36.4 Å². The molecule has 3 aromatic carbocycles. The van der Waals surface area contributed by atoms with Crippen LogP contribution in [-0.2, 0) is 9.59 Å². The minimum atomic E-state index is -0.274. The molecule has 0 atom stereocenters. The summed E-state index contributed by atoms with van der Waals surface area (Å²) >= 11 is 0. The van der Waals surface area contributed by atoms with E-state index < -0.39 is 0 Å². The van der Waals surface area contributed by atoms with Gasteiger partial charge in [0, 0.05) is 12.7 Å². The Hall–Kier alpha value is -3.80. The number of nitrogens with zero attached hydrogens (tertiary/aromatic N) is 2. The lowest BCUT2D eigenvalue weighted by molar-refractivity contribution is -0.123. The van der Waals surface area contributed by atoms with Crippen molar-refractivity contribution in [3.63, 3.8) is 0 Å². The first-order chi connectivity index (χ1) is 14.1. The van der Waals surface area contributed by atoms with Crippen molar-refractivity contribution in [1.29, 1.82) is 0 Å². The van der Waals surface area contributed by atoms with E-state index in [1.54, 1.807) is 12.1 Å². The normalized spacial score (nSPS) is 12.7. The van der Waals surface area contributed by atoms with E-state index in [0.29, 0.717) is 17.1 Å². The Morgan fingerprint density at radius 2 is 1.69 bits per heavy atom. The number of nitrogens with one attached hydrogen (secondary N) is 1. The third-order valence-corrected chi connectivity index (χ3v) is 4.79. The highest BCUT2D eigenvalue weighted by atomic mass is 16.5. The Kier molecular flexibility index (Phi) is 5.16. The van der Waals surface area contributed by atoms with Crippen molar-refractivity contribution in [3.8, 4) is 5.75 Å². The molecule has 0 fully saturated rings. The molecule has 4 rings (SSSR count). The fourth-order valence-electron chi connectivity index (χ4n) is 3.32. The third kappa shape index (κ3) is 3.91. The molecule has 146 valence electrons. The van der Waals surface area contributed by atoms with Crippen LogP contribution in [0.15, 0.2) is 78.9 Å². The number of rotatable bonds is 5. The number of fused-ring (bicyclic) bond motifs is 1. The van der Waals surface area contributed by atoms with Crippen LogP contribution in [0, 0.1) is 0 Å². The van der Waals surface area contributed by atoms with E-state index >= 15 is 0 Å². The maximum Gasteiger partial charge on any atom is 0.265 e. The van der Waals surface area contributed by atoms with Gasteiger partial charge in [-0.1, -0.05) is 42.5 Å². The van der Waals surface area contributed by atoms with Gasteiger partial charge >= 0.3 is 0 Å². The van der Waals surface area contributed by atoms with Gasteiger partial charge in [-0.2, -0.15) is 0 Å². The number of para-hydroxylation sites is 5. The van der Waals surface area contributed by atoms with Crippen molar-refractivity contribution in [2.45, 2.75) is 0 Å². The van der Waals surface area contributed by atoms with Gasteiger partial charge in [0.25, 0.3) is 5.91 Å². The van der Waals surface area contributed by atoms with Crippen LogP contribution in [0.1, 0.15) is 0 Å². The summed E-state index contributed by atoms with van der Waals surface area (Å²) < 4.78 is 5.44. The number of amides is 2. The van der Waals surface area contributed by atoms with Gasteiger partial charge in [0.1, 0.15) is 12.3 Å². The van der Waals surface area contributed by atoms with E-state index in [4.69, 9.17) is 4.74 Å². The van der Waals surface area contributed by atoms with Crippen molar-refractivity contribution >= 4 is 34.6 Å². The first kappa shape index (κ1) is 18.6. The van der Waals surface area contributed by atoms with Crippen LogP contribution in [0.25, 0.3) is 0 Å². The van der Waals surface area contributed by atoms with Crippen molar-refractivity contribution in [2.75, 3.05) is 35.3 Å². The average molecular weight is 387 g/mol. The monoisotopic (exact) mass is 387 g/mol. The Balaban J connectivity index is 1.54. The summed E-state index contributed by atoms with van der Waals surface area (Å²) in [5.74, 6) is 0.0848. The van der Waals surface area contributed by atoms with Crippen molar-refractivity contribution < 1.29 is 14.3 Å². The van der Waals surface area contributed by atoms with Gasteiger partial charge in [-0.15, -0.1) is 0 Å². The largest absolute Gasteiger partial charge is 0.482 e. The van der Waals surface area contributed by atoms with Gasteiger partial charge < -0.3 is 15.0 Å². The zero-order valence-electron chi connectivity index (χ0n) is 16.0. The smallest absolute Gasteiger partial charge is 0.265 e. The van der Waals surface area contributed by atoms with Gasteiger partial charge in [-0.3, -0.25) is 14.5 Å². The summed E-state index contributed by atoms with van der Waals surface area (Å²) in [6.07, 6.45) is 0. The van der Waals surface area contributed by atoms with Crippen LogP contribution in [0.2, 0.25) is 0 Å². The molecule has 6 nitrogen and oxygen atoms in total. The Labute approximate surface area is 169 Å².